The molecule has 1 amide bonds. The van der Waals surface area contributed by atoms with Crippen molar-refractivity contribution in [2.24, 2.45) is 5.41 Å². The third-order valence-electron chi connectivity index (χ3n) is 3.47. The topological polar surface area (TPSA) is 54.9 Å². The number of carbonyl (C=O) groups is 1. The van der Waals surface area contributed by atoms with Gasteiger partial charge < -0.3 is 5.32 Å². The van der Waals surface area contributed by atoms with Gasteiger partial charge in [-0.05, 0) is 25.0 Å². The van der Waals surface area contributed by atoms with Crippen LogP contribution < -0.4 is 5.32 Å². The van der Waals surface area contributed by atoms with E-state index in [0.717, 1.165) is 0 Å². The second-order valence-electron chi connectivity index (χ2n) is 4.76. The summed E-state index contributed by atoms with van der Waals surface area (Å²) >= 11 is 0. The number of fused-ring (bicyclic) bond motifs is 1. The Morgan fingerprint density at radius 1 is 1.20 bits per heavy atom. The minimum atomic E-state index is -4.52. The molecule has 0 radical (unpaired) electrons. The number of aromatic nitrogens is 2. The molecule has 3 rings (SSSR count). The molecule has 1 N–H and O–H groups in total. The number of carbonyl (C=O) groups excluding carboxylic acids is 1. The molecule has 0 saturated heterocycles. The average molecular weight is 281 g/mol. The smallest absolute Gasteiger partial charge is 0.323 e. The molecule has 1 aliphatic carbocycles. The van der Waals surface area contributed by atoms with Crippen molar-refractivity contribution >= 4 is 22.6 Å². The molecule has 104 valence electrons. The maximum Gasteiger partial charge on any atom is 0.403 e. The van der Waals surface area contributed by atoms with Gasteiger partial charge in [-0.15, -0.1) is 0 Å². The first-order valence-electron chi connectivity index (χ1n) is 6.02. The van der Waals surface area contributed by atoms with Crippen LogP contribution in [0.5, 0.6) is 0 Å². The van der Waals surface area contributed by atoms with Gasteiger partial charge in [-0.3, -0.25) is 14.8 Å². The Kier molecular flexibility index (Phi) is 2.67. The molecule has 0 spiro atoms. The van der Waals surface area contributed by atoms with Gasteiger partial charge in [0.05, 0.1) is 11.2 Å². The highest BCUT2D eigenvalue weighted by molar-refractivity contribution is 6.03. The number of nitrogens with zero attached hydrogens (tertiary/aromatic N) is 2. The van der Waals surface area contributed by atoms with Crippen molar-refractivity contribution in [3.05, 3.63) is 30.6 Å². The summed E-state index contributed by atoms with van der Waals surface area (Å²) in [6.45, 7) is 0. The zero-order valence-corrected chi connectivity index (χ0v) is 10.2. The predicted octanol–water partition coefficient (Wildman–Crippen LogP) is 2.91. The van der Waals surface area contributed by atoms with E-state index in [4.69, 9.17) is 0 Å². The maximum atomic E-state index is 12.9. The van der Waals surface area contributed by atoms with Crippen molar-refractivity contribution in [1.29, 1.82) is 0 Å². The van der Waals surface area contributed by atoms with Gasteiger partial charge in [-0.2, -0.15) is 13.2 Å². The third kappa shape index (κ3) is 1.90. The molecule has 0 unspecified atom stereocenters. The average Bonchev–Trinajstić information content (AvgIpc) is 3.20. The molecule has 1 aromatic heterocycles. The molecule has 0 aliphatic heterocycles. The molecule has 1 saturated carbocycles. The molecule has 1 heterocycles. The minimum absolute atomic E-state index is 0.168. The number of alkyl halides is 3. The number of hydrogen-bond acceptors (Lipinski definition) is 3. The standard InChI is InChI=1S/C13H10F3N3O/c14-13(15,16)12(4-5-12)11(20)19-9-3-1-2-8-10(9)18-7-6-17-8/h1-3,6-7H,4-5H2,(H,19,20). The van der Waals surface area contributed by atoms with Gasteiger partial charge in [0.25, 0.3) is 0 Å². The summed E-state index contributed by atoms with van der Waals surface area (Å²) in [4.78, 5) is 20.0. The van der Waals surface area contributed by atoms with Crippen molar-refractivity contribution in [2.75, 3.05) is 5.32 Å². The van der Waals surface area contributed by atoms with Gasteiger partial charge in [0.15, 0.2) is 0 Å². The van der Waals surface area contributed by atoms with Crippen LogP contribution in [0.3, 0.4) is 0 Å². The summed E-state index contributed by atoms with van der Waals surface area (Å²) in [5.74, 6) is -1.02. The molecule has 4 nitrogen and oxygen atoms in total. The summed E-state index contributed by atoms with van der Waals surface area (Å²) in [6.07, 6.45) is -1.95. The molecule has 1 aliphatic rings. The molecule has 1 aromatic carbocycles. The Hall–Kier alpha value is -2.18. The molecule has 0 bridgehead atoms. The molecular weight excluding hydrogens is 271 g/mol. The second-order valence-corrected chi connectivity index (χ2v) is 4.76. The van der Waals surface area contributed by atoms with Crippen LogP contribution in [0.15, 0.2) is 30.6 Å². The molecule has 20 heavy (non-hydrogen) atoms. The molecule has 7 heteroatoms. The van der Waals surface area contributed by atoms with Gasteiger partial charge in [0, 0.05) is 12.4 Å². The lowest BCUT2D eigenvalue weighted by Crippen LogP contribution is -2.37. The second kappa shape index (κ2) is 4.16. The molecule has 0 atom stereocenters. The summed E-state index contributed by atoms with van der Waals surface area (Å²) < 4.78 is 38.6. The van der Waals surface area contributed by atoms with Crippen LogP contribution in [0.1, 0.15) is 12.8 Å². The van der Waals surface area contributed by atoms with Crippen LogP contribution in [-0.4, -0.2) is 22.1 Å². The van der Waals surface area contributed by atoms with E-state index in [-0.39, 0.29) is 18.5 Å². The summed E-state index contributed by atoms with van der Waals surface area (Å²) in [5, 5.41) is 2.33. The lowest BCUT2D eigenvalue weighted by molar-refractivity contribution is -0.189. The van der Waals surface area contributed by atoms with Crippen molar-refractivity contribution in [1.82, 2.24) is 9.97 Å². The van der Waals surface area contributed by atoms with Crippen LogP contribution in [0.4, 0.5) is 18.9 Å². The van der Waals surface area contributed by atoms with E-state index >= 15 is 0 Å². The van der Waals surface area contributed by atoms with Gasteiger partial charge >= 0.3 is 6.18 Å². The highest BCUT2D eigenvalue weighted by Crippen LogP contribution is 2.58. The van der Waals surface area contributed by atoms with Crippen molar-refractivity contribution in [3.63, 3.8) is 0 Å². The summed E-state index contributed by atoms with van der Waals surface area (Å²) in [7, 11) is 0. The Morgan fingerprint density at radius 2 is 1.90 bits per heavy atom. The number of halogens is 3. The number of rotatable bonds is 2. The van der Waals surface area contributed by atoms with Crippen LogP contribution in [0.2, 0.25) is 0 Å². The summed E-state index contributed by atoms with van der Waals surface area (Å²) in [5.41, 5.74) is -1.10. The number of benzene rings is 1. The van der Waals surface area contributed by atoms with E-state index in [1.807, 2.05) is 0 Å². The Morgan fingerprint density at radius 3 is 2.55 bits per heavy atom. The first kappa shape index (κ1) is 12.8. The monoisotopic (exact) mass is 281 g/mol. The first-order chi connectivity index (χ1) is 9.44. The Labute approximate surface area is 112 Å². The molecule has 1 fully saturated rings. The van der Waals surface area contributed by atoms with E-state index < -0.39 is 17.5 Å². The number of para-hydroxylation sites is 1. The number of anilines is 1. The quantitative estimate of drug-likeness (QED) is 0.920. The minimum Gasteiger partial charge on any atom is -0.323 e. The van der Waals surface area contributed by atoms with E-state index in [2.05, 4.69) is 15.3 Å². The zero-order valence-electron chi connectivity index (χ0n) is 10.2. The van der Waals surface area contributed by atoms with Crippen LogP contribution in [-0.2, 0) is 4.79 Å². The lowest BCUT2D eigenvalue weighted by Gasteiger charge is -2.18. The van der Waals surface area contributed by atoms with Gasteiger partial charge in [-0.25, -0.2) is 0 Å². The van der Waals surface area contributed by atoms with E-state index in [1.54, 1.807) is 12.1 Å². The Balaban J connectivity index is 1.93. The maximum absolute atomic E-state index is 12.9. The number of amides is 1. The largest absolute Gasteiger partial charge is 0.403 e. The predicted molar refractivity (Wildman–Crippen MR) is 65.9 cm³/mol. The fourth-order valence-electron chi connectivity index (χ4n) is 2.10. The summed E-state index contributed by atoms with van der Waals surface area (Å²) in [6, 6.07) is 4.80. The fraction of sp³-hybridized carbons (Fsp3) is 0.308. The van der Waals surface area contributed by atoms with Crippen molar-refractivity contribution in [2.45, 2.75) is 19.0 Å². The van der Waals surface area contributed by atoms with Crippen molar-refractivity contribution in [3.8, 4) is 0 Å². The first-order valence-corrected chi connectivity index (χ1v) is 6.02. The SMILES string of the molecule is O=C(Nc1cccc2nccnc12)C1(C(F)(F)F)CC1. The lowest BCUT2D eigenvalue weighted by atomic mass is 10.1. The van der Waals surface area contributed by atoms with E-state index in [1.165, 1.54) is 18.5 Å². The van der Waals surface area contributed by atoms with Crippen molar-refractivity contribution < 1.29 is 18.0 Å². The highest BCUT2D eigenvalue weighted by atomic mass is 19.4. The van der Waals surface area contributed by atoms with Gasteiger partial charge in [-0.1, -0.05) is 6.07 Å². The molecule has 2 aromatic rings. The normalized spacial score (nSPS) is 16.9. The van der Waals surface area contributed by atoms with Gasteiger partial charge in [0.1, 0.15) is 10.9 Å². The Bertz CT molecular complexity index is 675. The fourth-order valence-corrected chi connectivity index (χ4v) is 2.10. The number of hydrogen-bond donors (Lipinski definition) is 1. The van der Waals surface area contributed by atoms with Crippen LogP contribution in [0.25, 0.3) is 11.0 Å². The van der Waals surface area contributed by atoms with Crippen LogP contribution >= 0.6 is 0 Å². The highest BCUT2D eigenvalue weighted by Gasteiger charge is 2.68. The van der Waals surface area contributed by atoms with Crippen LogP contribution in [0, 0.1) is 5.41 Å². The third-order valence-corrected chi connectivity index (χ3v) is 3.47. The zero-order chi connectivity index (χ0) is 14.4. The number of nitrogens with one attached hydrogen (secondary N) is 1. The molecular formula is C13H10F3N3O. The van der Waals surface area contributed by atoms with E-state index in [0.29, 0.717) is 11.0 Å². The van der Waals surface area contributed by atoms with E-state index in [9.17, 15) is 18.0 Å². The van der Waals surface area contributed by atoms with Gasteiger partial charge in [0.2, 0.25) is 5.91 Å².